The van der Waals surface area contributed by atoms with Gasteiger partial charge in [-0.25, -0.2) is 0 Å². The van der Waals surface area contributed by atoms with Crippen molar-refractivity contribution in [3.05, 3.63) is 33.9 Å². The van der Waals surface area contributed by atoms with E-state index in [9.17, 15) is 9.59 Å². The van der Waals surface area contributed by atoms with Gasteiger partial charge in [0.1, 0.15) is 0 Å². The highest BCUT2D eigenvalue weighted by molar-refractivity contribution is 8.26. The quantitative estimate of drug-likeness (QED) is 0.459. The van der Waals surface area contributed by atoms with Crippen LogP contribution in [0.5, 0.6) is 0 Å². The molecule has 1 N–H and O–H groups in total. The molecular weight excluding hydrogens is 174 g/mol. The van der Waals surface area contributed by atoms with Crippen LogP contribution < -0.4 is 5.32 Å². The highest BCUT2D eigenvalue weighted by Crippen LogP contribution is 2.42. The molecule has 0 radical (unpaired) electrons. The Balaban J connectivity index is 2.29. The van der Waals surface area contributed by atoms with Crippen LogP contribution in [0.1, 0.15) is 0 Å². The lowest BCUT2D eigenvalue weighted by atomic mass is 10.5. The van der Waals surface area contributed by atoms with Crippen molar-refractivity contribution in [2.45, 2.75) is 0 Å². The van der Waals surface area contributed by atoms with Crippen molar-refractivity contribution < 1.29 is 9.59 Å². The second kappa shape index (κ2) is 2.64. The summed E-state index contributed by atoms with van der Waals surface area (Å²) in [5, 5.41) is 6.11. The molecule has 4 heteroatoms. The number of amides is 2. The molecule has 0 spiro atoms. The van der Waals surface area contributed by atoms with Crippen LogP contribution in [-0.2, 0) is 9.59 Å². The van der Waals surface area contributed by atoms with Crippen molar-refractivity contribution in [1.82, 2.24) is 5.32 Å². The third-order valence-corrected chi connectivity index (χ3v) is 3.50. The first-order valence-electron chi connectivity index (χ1n) is 3.48. The third kappa shape index (κ3) is 1.10. The van der Waals surface area contributed by atoms with E-state index in [2.05, 4.69) is 5.32 Å². The molecule has 0 bridgehead atoms. The largest absolute Gasteiger partial charge is 0.288 e. The van der Waals surface area contributed by atoms with Crippen LogP contribution in [0.3, 0.4) is 0 Å². The first-order valence-corrected chi connectivity index (χ1v) is 4.96. The third-order valence-electron chi connectivity index (χ3n) is 1.62. The van der Waals surface area contributed by atoms with Crippen LogP contribution in [-0.4, -0.2) is 11.8 Å². The summed E-state index contributed by atoms with van der Waals surface area (Å²) in [5.41, 5.74) is 0. The number of hydrogen-bond donors (Lipinski definition) is 2. The average molecular weight is 181 g/mol. The summed E-state index contributed by atoms with van der Waals surface area (Å²) in [7, 11) is -0.645. The minimum Gasteiger partial charge on any atom is -0.288 e. The van der Waals surface area contributed by atoms with Gasteiger partial charge in [-0.2, -0.15) is 10.9 Å². The van der Waals surface area contributed by atoms with E-state index in [1.54, 1.807) is 0 Å². The maximum absolute atomic E-state index is 11.1. The Hall–Kier alpha value is -1.29. The van der Waals surface area contributed by atoms with E-state index in [4.69, 9.17) is 0 Å². The van der Waals surface area contributed by atoms with Gasteiger partial charge >= 0.3 is 0 Å². The van der Waals surface area contributed by atoms with Crippen LogP contribution >= 0.6 is 10.9 Å². The zero-order valence-electron chi connectivity index (χ0n) is 6.15. The number of imide groups is 1. The van der Waals surface area contributed by atoms with Gasteiger partial charge in [0.15, 0.2) is 0 Å². The molecule has 2 amide bonds. The fraction of sp³-hybridized carbons (Fsp3) is 0. The van der Waals surface area contributed by atoms with E-state index in [0.29, 0.717) is 4.91 Å². The maximum Gasteiger partial charge on any atom is 0.263 e. The van der Waals surface area contributed by atoms with Crippen molar-refractivity contribution in [3.63, 3.8) is 0 Å². The molecule has 0 unspecified atom stereocenters. The first kappa shape index (κ1) is 7.36. The van der Waals surface area contributed by atoms with Crippen molar-refractivity contribution in [3.8, 4) is 0 Å². The number of carbonyl (C=O) groups is 2. The molecule has 0 aromatic carbocycles. The smallest absolute Gasteiger partial charge is 0.263 e. The zero-order valence-corrected chi connectivity index (χ0v) is 7.04. The summed E-state index contributed by atoms with van der Waals surface area (Å²) in [6, 6.07) is 0. The summed E-state index contributed by atoms with van der Waals surface area (Å²) >= 11 is 0. The van der Waals surface area contributed by atoms with Crippen LogP contribution in [0.2, 0.25) is 0 Å². The molecule has 0 atom stereocenters. The molecule has 0 saturated carbocycles. The topological polar surface area (TPSA) is 46.2 Å². The lowest BCUT2D eigenvalue weighted by Crippen LogP contribution is -2.21. The molecular formula is C8H7NO2S. The lowest BCUT2D eigenvalue weighted by Gasteiger charge is -2.07. The normalized spacial score (nSPS) is 23.3. The monoisotopic (exact) mass is 181 g/mol. The maximum atomic E-state index is 11.1. The number of thiol groups is 1. The van der Waals surface area contributed by atoms with Gasteiger partial charge in [-0.1, -0.05) is 12.2 Å². The standard InChI is InChI=1S/C8H7NO2S/c10-7-5-6(8(11)9-7)12-3-1-2-4-12/h1-5,12H,(H,9,10,11). The van der Waals surface area contributed by atoms with E-state index >= 15 is 0 Å². The Bertz CT molecular complexity index is 329. The molecule has 62 valence electrons. The molecule has 0 aliphatic carbocycles. The predicted molar refractivity (Wildman–Crippen MR) is 48.5 cm³/mol. The van der Waals surface area contributed by atoms with Crippen LogP contribution in [0, 0.1) is 0 Å². The van der Waals surface area contributed by atoms with Gasteiger partial charge in [-0.05, 0) is 10.8 Å². The van der Waals surface area contributed by atoms with Gasteiger partial charge in [0.25, 0.3) is 11.8 Å². The van der Waals surface area contributed by atoms with Gasteiger partial charge in [-0.3, -0.25) is 14.9 Å². The summed E-state index contributed by atoms with van der Waals surface area (Å²) in [6.45, 7) is 0. The molecule has 3 nitrogen and oxygen atoms in total. The Morgan fingerprint density at radius 3 is 2.33 bits per heavy atom. The minimum atomic E-state index is -0.645. The van der Waals surface area contributed by atoms with Crippen molar-refractivity contribution in [1.29, 1.82) is 0 Å². The van der Waals surface area contributed by atoms with Crippen LogP contribution in [0.4, 0.5) is 0 Å². The van der Waals surface area contributed by atoms with Crippen LogP contribution in [0.15, 0.2) is 33.9 Å². The molecule has 0 aromatic heterocycles. The SMILES string of the molecule is O=C1C=C([SH]2C=CC=C2)C(=O)N1. The Morgan fingerprint density at radius 1 is 1.17 bits per heavy atom. The number of rotatable bonds is 1. The van der Waals surface area contributed by atoms with Crippen molar-refractivity contribution >= 4 is 22.7 Å². The number of allylic oxidation sites excluding steroid dienone is 2. The first-order chi connectivity index (χ1) is 5.77. The second-order valence-electron chi connectivity index (χ2n) is 2.44. The Morgan fingerprint density at radius 2 is 1.83 bits per heavy atom. The number of hydrogen-bond acceptors (Lipinski definition) is 2. The van der Waals surface area contributed by atoms with Gasteiger partial charge < -0.3 is 0 Å². The molecule has 2 aliphatic heterocycles. The van der Waals surface area contributed by atoms with Crippen molar-refractivity contribution in [2.24, 2.45) is 0 Å². The molecule has 12 heavy (non-hydrogen) atoms. The minimum absolute atomic E-state index is 0.248. The van der Waals surface area contributed by atoms with E-state index in [1.807, 2.05) is 23.0 Å². The van der Waals surface area contributed by atoms with E-state index in [-0.39, 0.29) is 11.8 Å². The number of nitrogens with one attached hydrogen (secondary N) is 1. The van der Waals surface area contributed by atoms with Gasteiger partial charge in [0.05, 0.1) is 4.91 Å². The molecule has 0 aromatic rings. The molecule has 0 fully saturated rings. The molecule has 2 rings (SSSR count). The lowest BCUT2D eigenvalue weighted by molar-refractivity contribution is -0.123. The van der Waals surface area contributed by atoms with Gasteiger partial charge in [0, 0.05) is 6.08 Å². The average Bonchev–Trinajstić information content (AvgIpc) is 2.58. The molecule has 2 aliphatic rings. The number of carbonyl (C=O) groups excluding carboxylic acids is 2. The van der Waals surface area contributed by atoms with Crippen LogP contribution in [0.25, 0.3) is 0 Å². The second-order valence-corrected chi connectivity index (χ2v) is 4.33. The molecule has 0 saturated heterocycles. The highest BCUT2D eigenvalue weighted by atomic mass is 32.2. The summed E-state index contributed by atoms with van der Waals surface area (Å²) < 4.78 is 0. The summed E-state index contributed by atoms with van der Waals surface area (Å²) in [6.07, 6.45) is 5.17. The molecule has 2 heterocycles. The van der Waals surface area contributed by atoms with Gasteiger partial charge in [0.2, 0.25) is 0 Å². The fourth-order valence-electron chi connectivity index (χ4n) is 1.09. The summed E-state index contributed by atoms with van der Waals surface area (Å²) in [4.78, 5) is 22.5. The predicted octanol–water partition coefficient (Wildman–Crippen LogP) is 0.569. The Labute approximate surface area is 72.2 Å². The van der Waals surface area contributed by atoms with E-state index in [0.717, 1.165) is 0 Å². The van der Waals surface area contributed by atoms with E-state index in [1.165, 1.54) is 6.08 Å². The Kier molecular flexibility index (Phi) is 1.62. The zero-order chi connectivity index (χ0) is 8.55. The summed E-state index contributed by atoms with van der Waals surface area (Å²) in [5.74, 6) is -0.548. The fourth-order valence-corrected chi connectivity index (χ4v) is 2.64. The highest BCUT2D eigenvalue weighted by Gasteiger charge is 2.23. The van der Waals surface area contributed by atoms with Gasteiger partial charge in [-0.15, -0.1) is 0 Å². The van der Waals surface area contributed by atoms with Crippen molar-refractivity contribution in [2.75, 3.05) is 0 Å². The van der Waals surface area contributed by atoms with E-state index < -0.39 is 10.9 Å².